The van der Waals surface area contributed by atoms with Crippen LogP contribution in [0.25, 0.3) is 0 Å². The zero-order valence-electron chi connectivity index (χ0n) is 8.15. The van der Waals surface area contributed by atoms with Crippen molar-refractivity contribution in [2.24, 2.45) is 0 Å². The van der Waals surface area contributed by atoms with Crippen molar-refractivity contribution in [3.63, 3.8) is 0 Å². The number of rotatable bonds is 4. The highest BCUT2D eigenvalue weighted by atomic mass is 35.5. The lowest BCUT2D eigenvalue weighted by molar-refractivity contribution is 0.153. The number of ether oxygens (including phenoxy) is 1. The Morgan fingerprint density at radius 2 is 2.00 bits per heavy atom. The highest BCUT2D eigenvalue weighted by molar-refractivity contribution is 7.89. The van der Waals surface area contributed by atoms with Gasteiger partial charge in [-0.3, -0.25) is 4.84 Å². The van der Waals surface area contributed by atoms with Crippen molar-refractivity contribution >= 4 is 21.6 Å². The zero-order valence-corrected chi connectivity index (χ0v) is 9.72. The van der Waals surface area contributed by atoms with Crippen LogP contribution in [0.1, 0.15) is 0 Å². The highest BCUT2D eigenvalue weighted by Crippen LogP contribution is 2.26. The molecule has 0 bridgehead atoms. The van der Waals surface area contributed by atoms with E-state index in [1.54, 1.807) is 0 Å². The molecule has 0 radical (unpaired) electrons. The molecule has 0 saturated heterocycles. The maximum Gasteiger partial charge on any atom is 0.266 e. The fourth-order valence-electron chi connectivity index (χ4n) is 1.02. The summed E-state index contributed by atoms with van der Waals surface area (Å²) in [5.41, 5.74) is 0. The molecule has 0 atom stereocenters. The van der Waals surface area contributed by atoms with Crippen LogP contribution in [0.4, 0.5) is 0 Å². The molecule has 0 aliphatic heterocycles. The van der Waals surface area contributed by atoms with E-state index in [1.807, 2.05) is 4.89 Å². The van der Waals surface area contributed by atoms with Crippen LogP contribution in [0.2, 0.25) is 5.02 Å². The van der Waals surface area contributed by atoms with Crippen molar-refractivity contribution in [1.29, 1.82) is 0 Å². The zero-order chi connectivity index (χ0) is 11.5. The van der Waals surface area contributed by atoms with E-state index in [-0.39, 0.29) is 10.6 Å². The highest BCUT2D eigenvalue weighted by Gasteiger charge is 2.19. The fraction of sp³-hybridized carbons (Fsp3) is 0.250. The maximum absolute atomic E-state index is 11.6. The molecule has 1 N–H and O–H groups in total. The lowest BCUT2D eigenvalue weighted by Gasteiger charge is -2.09. The topological polar surface area (TPSA) is 64.6 Å². The van der Waals surface area contributed by atoms with Crippen LogP contribution in [0.3, 0.4) is 0 Å². The molecule has 0 aliphatic carbocycles. The SMILES string of the molecule is CONS(=O)(=O)c1ccc(Cl)cc1OC. The van der Waals surface area contributed by atoms with Gasteiger partial charge in [0.2, 0.25) is 0 Å². The predicted octanol–water partition coefficient (Wildman–Crippen LogP) is 1.19. The second kappa shape index (κ2) is 4.80. The molecule has 0 amide bonds. The molecule has 0 heterocycles. The summed E-state index contributed by atoms with van der Waals surface area (Å²) in [7, 11) is -1.16. The van der Waals surface area contributed by atoms with Gasteiger partial charge in [-0.1, -0.05) is 16.5 Å². The van der Waals surface area contributed by atoms with Crippen molar-refractivity contribution in [2.75, 3.05) is 14.2 Å². The van der Waals surface area contributed by atoms with Gasteiger partial charge >= 0.3 is 0 Å². The van der Waals surface area contributed by atoms with Gasteiger partial charge in [0.1, 0.15) is 10.6 Å². The van der Waals surface area contributed by atoms with E-state index in [4.69, 9.17) is 16.3 Å². The maximum atomic E-state index is 11.6. The minimum absolute atomic E-state index is 0.0312. The van der Waals surface area contributed by atoms with E-state index in [0.717, 1.165) is 0 Å². The van der Waals surface area contributed by atoms with Gasteiger partial charge in [0.25, 0.3) is 10.0 Å². The molecule has 0 saturated carbocycles. The van der Waals surface area contributed by atoms with Gasteiger partial charge < -0.3 is 4.74 Å². The van der Waals surface area contributed by atoms with Gasteiger partial charge in [-0.25, -0.2) is 8.42 Å². The molecule has 15 heavy (non-hydrogen) atoms. The molecule has 0 aliphatic rings. The van der Waals surface area contributed by atoms with E-state index in [0.29, 0.717) is 5.02 Å². The summed E-state index contributed by atoms with van der Waals surface area (Å²) >= 11 is 5.70. The summed E-state index contributed by atoms with van der Waals surface area (Å²) in [4.78, 5) is 6.21. The molecule has 5 nitrogen and oxygen atoms in total. The lowest BCUT2D eigenvalue weighted by atomic mass is 10.3. The Labute approximate surface area is 93.0 Å². The molecule has 1 aromatic carbocycles. The molecular weight excluding hydrogens is 242 g/mol. The van der Waals surface area contributed by atoms with Gasteiger partial charge in [-0.05, 0) is 12.1 Å². The van der Waals surface area contributed by atoms with Crippen molar-refractivity contribution < 1.29 is 18.0 Å². The molecular formula is C8H10ClNO4S. The quantitative estimate of drug-likeness (QED) is 0.817. The minimum Gasteiger partial charge on any atom is -0.495 e. The molecule has 0 fully saturated rings. The number of methoxy groups -OCH3 is 1. The Kier molecular flexibility index (Phi) is 3.92. The Hall–Kier alpha value is -0.820. The number of hydrogen-bond donors (Lipinski definition) is 1. The monoisotopic (exact) mass is 251 g/mol. The molecule has 7 heteroatoms. The van der Waals surface area contributed by atoms with Crippen LogP contribution in [0.15, 0.2) is 23.1 Å². The second-order valence-corrected chi connectivity index (χ2v) is 4.64. The molecule has 0 unspecified atom stereocenters. The van der Waals surface area contributed by atoms with Gasteiger partial charge in [0.05, 0.1) is 14.2 Å². The summed E-state index contributed by atoms with van der Waals surface area (Å²) in [6, 6.07) is 4.20. The minimum atomic E-state index is -3.73. The van der Waals surface area contributed by atoms with E-state index in [1.165, 1.54) is 32.4 Å². The number of nitrogens with one attached hydrogen (secondary N) is 1. The van der Waals surface area contributed by atoms with Crippen LogP contribution >= 0.6 is 11.6 Å². The van der Waals surface area contributed by atoms with Crippen LogP contribution < -0.4 is 9.62 Å². The molecule has 1 aromatic rings. The van der Waals surface area contributed by atoms with Crippen LogP contribution in [-0.4, -0.2) is 22.6 Å². The third-order valence-electron chi connectivity index (χ3n) is 1.61. The summed E-state index contributed by atoms with van der Waals surface area (Å²) in [6.45, 7) is 0. The van der Waals surface area contributed by atoms with Crippen molar-refractivity contribution in [1.82, 2.24) is 4.89 Å². The van der Waals surface area contributed by atoms with Crippen molar-refractivity contribution in [3.8, 4) is 5.75 Å². The average molecular weight is 252 g/mol. The van der Waals surface area contributed by atoms with Crippen molar-refractivity contribution in [3.05, 3.63) is 23.2 Å². The van der Waals surface area contributed by atoms with E-state index in [2.05, 4.69) is 4.84 Å². The average Bonchev–Trinajstić information content (AvgIpc) is 2.17. The first kappa shape index (κ1) is 12.3. The Bertz CT molecular complexity index is 446. The lowest BCUT2D eigenvalue weighted by Crippen LogP contribution is -2.22. The van der Waals surface area contributed by atoms with Gasteiger partial charge in [0, 0.05) is 11.1 Å². The first-order chi connectivity index (χ1) is 7.01. The number of sulfonamides is 1. The summed E-state index contributed by atoms with van der Waals surface area (Å²) in [5.74, 6) is 0.159. The first-order valence-corrected chi connectivity index (χ1v) is 5.75. The Morgan fingerprint density at radius 3 is 2.53 bits per heavy atom. The van der Waals surface area contributed by atoms with Gasteiger partial charge in [0.15, 0.2) is 0 Å². The molecule has 0 aromatic heterocycles. The third-order valence-corrected chi connectivity index (χ3v) is 3.15. The number of halogens is 1. The molecule has 1 rings (SSSR count). The standard InChI is InChI=1S/C8H10ClNO4S/c1-13-7-5-6(9)3-4-8(7)15(11,12)10-14-2/h3-5,10H,1-2H3. The summed E-state index contributed by atoms with van der Waals surface area (Å²) < 4.78 is 28.0. The Balaban J connectivity index is 3.25. The predicted molar refractivity (Wildman–Crippen MR) is 55.3 cm³/mol. The smallest absolute Gasteiger partial charge is 0.266 e. The van der Waals surface area contributed by atoms with E-state index < -0.39 is 10.0 Å². The molecule has 0 spiro atoms. The first-order valence-electron chi connectivity index (χ1n) is 3.89. The van der Waals surface area contributed by atoms with Gasteiger partial charge in [-0.15, -0.1) is 0 Å². The second-order valence-electron chi connectivity index (χ2n) is 2.59. The van der Waals surface area contributed by atoms with Gasteiger partial charge in [-0.2, -0.15) is 0 Å². The summed E-state index contributed by atoms with van der Waals surface area (Å²) in [5, 5.41) is 0.392. The van der Waals surface area contributed by atoms with E-state index >= 15 is 0 Å². The number of benzene rings is 1. The van der Waals surface area contributed by atoms with Crippen LogP contribution in [0, 0.1) is 0 Å². The third kappa shape index (κ3) is 2.82. The number of hydrogen-bond acceptors (Lipinski definition) is 4. The largest absolute Gasteiger partial charge is 0.495 e. The Morgan fingerprint density at radius 1 is 1.33 bits per heavy atom. The van der Waals surface area contributed by atoms with Crippen molar-refractivity contribution in [2.45, 2.75) is 4.90 Å². The fourth-order valence-corrected chi connectivity index (χ4v) is 2.14. The normalized spacial score (nSPS) is 11.4. The van der Waals surface area contributed by atoms with Crippen LogP contribution in [0.5, 0.6) is 5.75 Å². The van der Waals surface area contributed by atoms with E-state index in [9.17, 15) is 8.42 Å². The van der Waals surface area contributed by atoms with Crippen LogP contribution in [-0.2, 0) is 14.9 Å². The molecule has 84 valence electrons. The summed E-state index contributed by atoms with van der Waals surface area (Å²) in [6.07, 6.45) is 0.